The first-order chi connectivity index (χ1) is 14.5. The Morgan fingerprint density at radius 2 is 1.93 bits per heavy atom. The molecule has 0 radical (unpaired) electrons. The van der Waals surface area contributed by atoms with E-state index >= 15 is 0 Å². The molecule has 3 aromatic rings. The predicted octanol–water partition coefficient (Wildman–Crippen LogP) is 4.04. The van der Waals surface area contributed by atoms with E-state index in [9.17, 15) is 9.59 Å². The van der Waals surface area contributed by atoms with Crippen LogP contribution in [0.4, 0.5) is 5.69 Å². The van der Waals surface area contributed by atoms with Crippen molar-refractivity contribution in [1.82, 2.24) is 4.90 Å². The summed E-state index contributed by atoms with van der Waals surface area (Å²) in [6, 6.07) is 17.1. The Hall–Kier alpha value is -3.38. The van der Waals surface area contributed by atoms with Gasteiger partial charge in [0.15, 0.2) is 0 Å². The van der Waals surface area contributed by atoms with Crippen molar-refractivity contribution >= 4 is 17.5 Å². The average Bonchev–Trinajstić information content (AvgIpc) is 3.17. The summed E-state index contributed by atoms with van der Waals surface area (Å²) in [4.78, 5) is 26.5. The van der Waals surface area contributed by atoms with Gasteiger partial charge in [-0.1, -0.05) is 29.8 Å². The second-order valence-corrected chi connectivity index (χ2v) is 7.46. The van der Waals surface area contributed by atoms with E-state index in [-0.39, 0.29) is 18.4 Å². The number of carbonyl (C=O) groups is 2. The Bertz CT molecular complexity index is 1070. The molecule has 0 saturated carbocycles. The number of benzene rings is 2. The van der Waals surface area contributed by atoms with Crippen LogP contribution in [0.2, 0.25) is 0 Å². The monoisotopic (exact) mass is 404 g/mol. The molecule has 1 aromatic heterocycles. The number of nitrogens with zero attached hydrogens (tertiary/aromatic N) is 1. The van der Waals surface area contributed by atoms with E-state index in [1.807, 2.05) is 66.4 Å². The van der Waals surface area contributed by atoms with E-state index in [4.69, 9.17) is 9.15 Å². The second kappa shape index (κ2) is 8.55. The van der Waals surface area contributed by atoms with E-state index in [0.717, 1.165) is 28.2 Å². The summed E-state index contributed by atoms with van der Waals surface area (Å²) in [7, 11) is 1.48. The fraction of sp³-hybridized carbons (Fsp3) is 0.250. The van der Waals surface area contributed by atoms with Crippen LogP contribution >= 0.6 is 0 Å². The number of fused-ring (bicyclic) bond motifs is 1. The third-order valence-corrected chi connectivity index (χ3v) is 5.16. The Labute approximate surface area is 175 Å². The number of rotatable bonds is 5. The minimum atomic E-state index is -0.210. The highest BCUT2D eigenvalue weighted by Gasteiger charge is 2.25. The normalized spacial score (nSPS) is 13.1. The van der Waals surface area contributed by atoms with Crippen LogP contribution in [0, 0.1) is 6.92 Å². The van der Waals surface area contributed by atoms with Crippen LogP contribution in [-0.2, 0) is 22.5 Å². The fourth-order valence-corrected chi connectivity index (χ4v) is 3.61. The predicted molar refractivity (Wildman–Crippen MR) is 114 cm³/mol. The van der Waals surface area contributed by atoms with Crippen LogP contribution < -0.4 is 5.32 Å². The van der Waals surface area contributed by atoms with Crippen molar-refractivity contribution in [3.05, 3.63) is 77.0 Å². The van der Waals surface area contributed by atoms with Crippen LogP contribution in [0.3, 0.4) is 0 Å². The number of methoxy groups -OCH3 is 1. The maximum atomic E-state index is 12.8. The molecule has 0 atom stereocenters. The number of nitrogens with one attached hydrogen (secondary N) is 1. The number of amides is 2. The first kappa shape index (κ1) is 19.9. The lowest BCUT2D eigenvalue weighted by molar-refractivity contribution is -0.119. The highest BCUT2D eigenvalue weighted by molar-refractivity contribution is 5.94. The molecule has 2 aromatic carbocycles. The maximum Gasteiger partial charge on any atom is 0.254 e. The first-order valence-electron chi connectivity index (χ1n) is 9.90. The molecule has 6 nitrogen and oxygen atoms in total. The minimum absolute atomic E-state index is 0.00409. The third-order valence-electron chi connectivity index (χ3n) is 5.16. The number of anilines is 1. The quantitative estimate of drug-likeness (QED) is 0.697. The fourth-order valence-electron chi connectivity index (χ4n) is 3.61. The van der Waals surface area contributed by atoms with Gasteiger partial charge in [-0.15, -0.1) is 0 Å². The van der Waals surface area contributed by atoms with Gasteiger partial charge in [-0.3, -0.25) is 9.59 Å². The third kappa shape index (κ3) is 4.28. The highest BCUT2D eigenvalue weighted by Crippen LogP contribution is 2.31. The van der Waals surface area contributed by atoms with Crippen molar-refractivity contribution in [3.63, 3.8) is 0 Å². The summed E-state index contributed by atoms with van der Waals surface area (Å²) in [5.41, 5.74) is 4.40. The topological polar surface area (TPSA) is 71.8 Å². The van der Waals surface area contributed by atoms with Gasteiger partial charge in [0.05, 0.1) is 0 Å². The highest BCUT2D eigenvalue weighted by atomic mass is 16.5. The molecule has 6 heteroatoms. The number of aryl methyl sites for hydroxylation is 1. The van der Waals surface area contributed by atoms with Gasteiger partial charge in [0.25, 0.3) is 5.91 Å². The summed E-state index contributed by atoms with van der Waals surface area (Å²) >= 11 is 0. The molecule has 0 fully saturated rings. The van der Waals surface area contributed by atoms with Gasteiger partial charge < -0.3 is 19.4 Å². The lowest BCUT2D eigenvalue weighted by Crippen LogP contribution is -2.35. The average molecular weight is 404 g/mol. The Balaban J connectivity index is 1.51. The van der Waals surface area contributed by atoms with Crippen molar-refractivity contribution < 1.29 is 18.7 Å². The van der Waals surface area contributed by atoms with E-state index in [0.29, 0.717) is 30.8 Å². The first-order valence-corrected chi connectivity index (χ1v) is 9.90. The van der Waals surface area contributed by atoms with Crippen molar-refractivity contribution in [2.75, 3.05) is 25.6 Å². The molecule has 0 bridgehead atoms. The van der Waals surface area contributed by atoms with Crippen LogP contribution in [0.25, 0.3) is 11.3 Å². The van der Waals surface area contributed by atoms with Crippen molar-refractivity contribution in [1.29, 1.82) is 0 Å². The van der Waals surface area contributed by atoms with Gasteiger partial charge in [-0.2, -0.15) is 0 Å². The standard InChI is InChI=1S/C24H24N2O4/c1-16-6-8-17(9-7-16)24(28)26-11-10-21-19(14-26)13-22(30-21)18-4-3-5-20(12-18)25-23(27)15-29-2/h3-9,12-13H,10-11,14-15H2,1-2H3,(H,25,27). The molecule has 1 N–H and O–H groups in total. The Morgan fingerprint density at radius 3 is 2.70 bits per heavy atom. The summed E-state index contributed by atoms with van der Waals surface area (Å²) < 4.78 is 10.9. The molecule has 1 aliphatic heterocycles. The van der Waals surface area contributed by atoms with Crippen molar-refractivity contribution in [3.8, 4) is 11.3 Å². The van der Waals surface area contributed by atoms with Gasteiger partial charge in [0.2, 0.25) is 5.91 Å². The lowest BCUT2D eigenvalue weighted by atomic mass is 10.1. The van der Waals surface area contributed by atoms with Gasteiger partial charge in [-0.25, -0.2) is 0 Å². The summed E-state index contributed by atoms with van der Waals surface area (Å²) in [5.74, 6) is 1.46. The van der Waals surface area contributed by atoms with E-state index in [1.165, 1.54) is 7.11 Å². The summed E-state index contributed by atoms with van der Waals surface area (Å²) in [5, 5.41) is 2.80. The second-order valence-electron chi connectivity index (χ2n) is 7.46. The molecule has 0 spiro atoms. The summed E-state index contributed by atoms with van der Waals surface area (Å²) in [6.07, 6.45) is 0.678. The van der Waals surface area contributed by atoms with Crippen molar-refractivity contribution in [2.24, 2.45) is 0 Å². The number of hydrogen-bond acceptors (Lipinski definition) is 4. The number of hydrogen-bond donors (Lipinski definition) is 1. The molecule has 1 aliphatic rings. The van der Waals surface area contributed by atoms with Gasteiger partial charge in [0, 0.05) is 49.0 Å². The molecule has 0 aliphatic carbocycles. The molecule has 154 valence electrons. The molecule has 0 unspecified atom stereocenters. The van der Waals surface area contributed by atoms with Crippen molar-refractivity contribution in [2.45, 2.75) is 19.9 Å². The smallest absolute Gasteiger partial charge is 0.254 e. The molecule has 4 rings (SSSR count). The molecular weight excluding hydrogens is 380 g/mol. The SMILES string of the molecule is COCC(=O)Nc1cccc(-c2cc3c(o2)CCN(C(=O)c2ccc(C)cc2)C3)c1. The zero-order chi connectivity index (χ0) is 21.1. The molecular formula is C24H24N2O4. The van der Waals surface area contributed by atoms with E-state index < -0.39 is 0 Å². The van der Waals surface area contributed by atoms with Crippen LogP contribution in [0.1, 0.15) is 27.2 Å². The molecule has 2 amide bonds. The molecule has 0 saturated heterocycles. The molecule has 2 heterocycles. The van der Waals surface area contributed by atoms with E-state index in [1.54, 1.807) is 0 Å². The Morgan fingerprint density at radius 1 is 1.13 bits per heavy atom. The number of carbonyl (C=O) groups excluding carboxylic acids is 2. The molecule has 30 heavy (non-hydrogen) atoms. The largest absolute Gasteiger partial charge is 0.461 e. The van der Waals surface area contributed by atoms with E-state index in [2.05, 4.69) is 5.32 Å². The summed E-state index contributed by atoms with van der Waals surface area (Å²) in [6.45, 7) is 3.16. The zero-order valence-corrected chi connectivity index (χ0v) is 17.1. The van der Waals surface area contributed by atoms with Gasteiger partial charge in [0.1, 0.15) is 18.1 Å². The van der Waals surface area contributed by atoms with Crippen LogP contribution in [0.15, 0.2) is 59.0 Å². The Kier molecular flexibility index (Phi) is 5.68. The zero-order valence-electron chi connectivity index (χ0n) is 17.1. The van der Waals surface area contributed by atoms with Crippen LogP contribution in [0.5, 0.6) is 0 Å². The van der Waals surface area contributed by atoms with Crippen LogP contribution in [-0.4, -0.2) is 37.0 Å². The minimum Gasteiger partial charge on any atom is -0.461 e. The van der Waals surface area contributed by atoms with Gasteiger partial charge >= 0.3 is 0 Å². The number of furan rings is 1. The maximum absolute atomic E-state index is 12.8. The number of ether oxygens (including phenoxy) is 1. The van der Waals surface area contributed by atoms with Gasteiger partial charge in [-0.05, 0) is 37.3 Å². The lowest BCUT2D eigenvalue weighted by Gasteiger charge is -2.26.